The Morgan fingerprint density at radius 1 is 1.03 bits per heavy atom. The van der Waals surface area contributed by atoms with E-state index in [9.17, 15) is 9.59 Å². The average Bonchev–Trinajstić information content (AvgIpc) is 2.91. The molecule has 1 aromatic heterocycles. The van der Waals surface area contributed by atoms with E-state index in [0.717, 1.165) is 5.56 Å². The first-order chi connectivity index (χ1) is 14.2. The van der Waals surface area contributed by atoms with Gasteiger partial charge in [0.1, 0.15) is 11.9 Å². The molecule has 9 heteroatoms. The standard InChI is InChI=1S/C21H21Cl3N4O2/c1-14-18(19(30)28(27(14)2)16-11-7-4-8-12-16)26-20(21(22,23)24)25-17(29)13-15-9-5-3-6-10-15/h3-12,20,26H,13H2,1-2H3,(H,25,29)/t20-/m1/s1. The predicted octanol–water partition coefficient (Wildman–Crippen LogP) is 3.95. The first kappa shape index (κ1) is 22.3. The summed E-state index contributed by atoms with van der Waals surface area (Å²) in [5.41, 5.74) is 2.05. The summed E-state index contributed by atoms with van der Waals surface area (Å²) in [5.74, 6) is -0.345. The molecule has 3 rings (SSSR count). The maximum absolute atomic E-state index is 13.1. The Kier molecular flexibility index (Phi) is 6.81. The van der Waals surface area contributed by atoms with E-state index >= 15 is 0 Å². The third-order valence-electron chi connectivity index (χ3n) is 4.68. The highest BCUT2D eigenvalue weighted by Gasteiger charge is 2.35. The van der Waals surface area contributed by atoms with Crippen molar-refractivity contribution in [2.75, 3.05) is 5.32 Å². The Morgan fingerprint density at radius 3 is 2.17 bits per heavy atom. The maximum atomic E-state index is 13.1. The lowest BCUT2D eigenvalue weighted by Crippen LogP contribution is -2.50. The second-order valence-electron chi connectivity index (χ2n) is 6.79. The van der Waals surface area contributed by atoms with Gasteiger partial charge < -0.3 is 10.6 Å². The highest BCUT2D eigenvalue weighted by atomic mass is 35.6. The van der Waals surface area contributed by atoms with Gasteiger partial charge in [0, 0.05) is 7.05 Å². The fraction of sp³-hybridized carbons (Fsp3) is 0.238. The second-order valence-corrected chi connectivity index (χ2v) is 9.15. The zero-order valence-corrected chi connectivity index (χ0v) is 18.7. The van der Waals surface area contributed by atoms with E-state index < -0.39 is 9.96 Å². The molecule has 0 spiro atoms. The first-order valence-corrected chi connectivity index (χ1v) is 10.3. The van der Waals surface area contributed by atoms with Crippen molar-refractivity contribution in [2.45, 2.75) is 23.3 Å². The summed E-state index contributed by atoms with van der Waals surface area (Å²) in [6.45, 7) is 1.77. The molecule has 1 amide bonds. The molecule has 0 fully saturated rings. The zero-order chi connectivity index (χ0) is 21.9. The van der Waals surface area contributed by atoms with Gasteiger partial charge in [-0.1, -0.05) is 83.3 Å². The van der Waals surface area contributed by atoms with Crippen molar-refractivity contribution in [1.29, 1.82) is 0 Å². The molecule has 0 bridgehead atoms. The van der Waals surface area contributed by atoms with Crippen LogP contribution >= 0.6 is 34.8 Å². The summed E-state index contributed by atoms with van der Waals surface area (Å²) in [4.78, 5) is 25.6. The van der Waals surface area contributed by atoms with Crippen molar-refractivity contribution in [1.82, 2.24) is 14.7 Å². The van der Waals surface area contributed by atoms with E-state index in [2.05, 4.69) is 10.6 Å². The topological polar surface area (TPSA) is 68.1 Å². The van der Waals surface area contributed by atoms with Gasteiger partial charge in [-0.25, -0.2) is 4.68 Å². The van der Waals surface area contributed by atoms with Crippen molar-refractivity contribution in [2.24, 2.45) is 7.05 Å². The predicted molar refractivity (Wildman–Crippen MR) is 122 cm³/mol. The van der Waals surface area contributed by atoms with E-state index in [1.807, 2.05) is 60.7 Å². The number of amides is 1. The number of nitrogens with zero attached hydrogens (tertiary/aromatic N) is 2. The Morgan fingerprint density at radius 2 is 1.60 bits per heavy atom. The number of hydrogen-bond donors (Lipinski definition) is 2. The van der Waals surface area contributed by atoms with E-state index in [4.69, 9.17) is 34.8 Å². The van der Waals surface area contributed by atoms with Crippen molar-refractivity contribution in [3.63, 3.8) is 0 Å². The van der Waals surface area contributed by atoms with Crippen molar-refractivity contribution in [3.05, 3.63) is 82.3 Å². The van der Waals surface area contributed by atoms with Crippen LogP contribution in [0, 0.1) is 6.92 Å². The number of rotatable bonds is 6. The highest BCUT2D eigenvalue weighted by molar-refractivity contribution is 6.68. The third-order valence-corrected chi connectivity index (χ3v) is 5.34. The summed E-state index contributed by atoms with van der Waals surface area (Å²) < 4.78 is 1.30. The molecule has 0 saturated carbocycles. The van der Waals surface area contributed by atoms with Gasteiger partial charge in [0.25, 0.3) is 5.56 Å². The van der Waals surface area contributed by atoms with E-state index in [-0.39, 0.29) is 23.6 Å². The number of para-hydroxylation sites is 1. The quantitative estimate of drug-likeness (QED) is 0.426. The monoisotopic (exact) mass is 466 g/mol. The Labute approximate surface area is 189 Å². The van der Waals surface area contributed by atoms with Crippen LogP contribution in [-0.2, 0) is 18.3 Å². The second kappa shape index (κ2) is 9.16. The van der Waals surface area contributed by atoms with Gasteiger partial charge in [0.2, 0.25) is 9.70 Å². The SMILES string of the molecule is Cc1c(N[C@@H](NC(=O)Cc2ccccc2)C(Cl)(Cl)Cl)c(=O)n(-c2ccccc2)n1C. The van der Waals surface area contributed by atoms with Gasteiger partial charge in [-0.15, -0.1) is 0 Å². The summed E-state index contributed by atoms with van der Waals surface area (Å²) >= 11 is 18.3. The molecule has 1 atom stereocenters. The third kappa shape index (κ3) is 5.01. The Bertz CT molecular complexity index is 1070. The fourth-order valence-electron chi connectivity index (χ4n) is 3.07. The summed E-state index contributed by atoms with van der Waals surface area (Å²) in [6.07, 6.45) is -1.00. The molecule has 6 nitrogen and oxygen atoms in total. The van der Waals surface area contributed by atoms with Crippen LogP contribution in [0.3, 0.4) is 0 Å². The molecule has 2 aromatic carbocycles. The molecule has 0 radical (unpaired) electrons. The summed E-state index contributed by atoms with van der Waals surface area (Å²) in [7, 11) is 1.76. The van der Waals surface area contributed by atoms with Crippen LogP contribution in [0.1, 0.15) is 11.3 Å². The number of alkyl halides is 3. The van der Waals surface area contributed by atoms with Crippen LogP contribution in [0.4, 0.5) is 5.69 Å². The molecular weight excluding hydrogens is 447 g/mol. The van der Waals surface area contributed by atoms with Gasteiger partial charge in [-0.3, -0.25) is 14.3 Å². The lowest BCUT2D eigenvalue weighted by molar-refractivity contribution is -0.120. The van der Waals surface area contributed by atoms with Crippen LogP contribution in [0.25, 0.3) is 5.69 Å². The lowest BCUT2D eigenvalue weighted by Gasteiger charge is -2.27. The van der Waals surface area contributed by atoms with Gasteiger partial charge in [0.15, 0.2) is 0 Å². The maximum Gasteiger partial charge on any atom is 0.295 e. The van der Waals surface area contributed by atoms with E-state index in [1.54, 1.807) is 18.7 Å². The van der Waals surface area contributed by atoms with Gasteiger partial charge in [-0.05, 0) is 24.6 Å². The fourth-order valence-corrected chi connectivity index (χ4v) is 3.40. The smallest absolute Gasteiger partial charge is 0.295 e. The van der Waals surface area contributed by atoms with Crippen LogP contribution in [0.5, 0.6) is 0 Å². The molecule has 0 unspecified atom stereocenters. The molecule has 3 aromatic rings. The van der Waals surface area contributed by atoms with Gasteiger partial charge in [-0.2, -0.15) is 0 Å². The van der Waals surface area contributed by atoms with Crippen molar-refractivity contribution in [3.8, 4) is 5.69 Å². The number of anilines is 1. The average molecular weight is 468 g/mol. The number of carbonyl (C=O) groups is 1. The molecule has 30 heavy (non-hydrogen) atoms. The normalized spacial score (nSPS) is 12.4. The molecule has 0 saturated heterocycles. The van der Waals surface area contributed by atoms with Crippen LogP contribution in [0.15, 0.2) is 65.5 Å². The minimum atomic E-state index is -1.89. The first-order valence-electron chi connectivity index (χ1n) is 9.19. The van der Waals surface area contributed by atoms with Crippen molar-refractivity contribution >= 4 is 46.4 Å². The number of carbonyl (C=O) groups excluding carboxylic acids is 1. The van der Waals surface area contributed by atoms with Crippen LogP contribution in [-0.4, -0.2) is 25.2 Å². The Balaban J connectivity index is 1.87. The molecule has 0 aliphatic heterocycles. The van der Waals surface area contributed by atoms with Crippen LogP contribution in [0.2, 0.25) is 0 Å². The number of hydrogen-bond acceptors (Lipinski definition) is 3. The van der Waals surface area contributed by atoms with E-state index in [1.165, 1.54) is 4.68 Å². The molecule has 2 N–H and O–H groups in total. The van der Waals surface area contributed by atoms with Gasteiger partial charge in [0.05, 0.1) is 17.8 Å². The van der Waals surface area contributed by atoms with E-state index in [0.29, 0.717) is 11.4 Å². The lowest BCUT2D eigenvalue weighted by atomic mass is 10.1. The van der Waals surface area contributed by atoms with Crippen LogP contribution < -0.4 is 16.2 Å². The Hall–Kier alpha value is -2.41. The molecule has 0 aliphatic carbocycles. The molecule has 1 heterocycles. The molecule has 158 valence electrons. The number of aromatic nitrogens is 2. The minimum absolute atomic E-state index is 0.113. The van der Waals surface area contributed by atoms with Crippen molar-refractivity contribution < 1.29 is 4.79 Å². The minimum Gasteiger partial charge on any atom is -0.356 e. The zero-order valence-electron chi connectivity index (χ0n) is 16.4. The number of nitrogens with one attached hydrogen (secondary N) is 2. The molecular formula is C21H21Cl3N4O2. The van der Waals surface area contributed by atoms with Gasteiger partial charge >= 0.3 is 0 Å². The molecule has 0 aliphatic rings. The highest BCUT2D eigenvalue weighted by Crippen LogP contribution is 2.31. The number of halogens is 3. The number of benzene rings is 2. The summed E-state index contributed by atoms with van der Waals surface area (Å²) in [6, 6.07) is 18.4. The largest absolute Gasteiger partial charge is 0.356 e. The summed E-state index contributed by atoms with van der Waals surface area (Å²) in [5, 5.41) is 5.59.